The highest BCUT2D eigenvalue weighted by Gasteiger charge is 2.09. The fourth-order valence-corrected chi connectivity index (χ4v) is 3.84. The minimum absolute atomic E-state index is 0. The molecular weight excluding hydrogens is 481 g/mol. The maximum absolute atomic E-state index is 6.23. The number of aromatic nitrogens is 4. The Hall–Kier alpha value is -1.71. The summed E-state index contributed by atoms with van der Waals surface area (Å²) in [6.07, 6.45) is 0. The maximum Gasteiger partial charge on any atom is 0.209 e. The molecule has 0 amide bonds. The van der Waals surface area contributed by atoms with Gasteiger partial charge in [0.05, 0.1) is 6.61 Å². The van der Waals surface area contributed by atoms with Crippen molar-refractivity contribution < 1.29 is 9.47 Å². The fourth-order valence-electron chi connectivity index (χ4n) is 2.63. The Balaban J connectivity index is 0.00000341. The molecule has 1 heterocycles. The quantitative estimate of drug-likeness (QED) is 0.297. The number of halogens is 3. The van der Waals surface area contributed by atoms with Gasteiger partial charge >= 0.3 is 0 Å². The van der Waals surface area contributed by atoms with Crippen LogP contribution in [0.1, 0.15) is 18.1 Å². The van der Waals surface area contributed by atoms with Crippen molar-refractivity contribution in [3.8, 4) is 11.5 Å². The first kappa shape index (κ1) is 25.5. The lowest BCUT2D eigenvalue weighted by atomic mass is 10.2. The van der Waals surface area contributed by atoms with E-state index in [2.05, 4.69) is 20.8 Å². The molecule has 0 fully saturated rings. The third kappa shape index (κ3) is 7.73. The van der Waals surface area contributed by atoms with Crippen LogP contribution in [0.15, 0.2) is 41.6 Å². The van der Waals surface area contributed by atoms with Crippen LogP contribution in [-0.2, 0) is 20.2 Å². The van der Waals surface area contributed by atoms with Crippen LogP contribution in [0.2, 0.25) is 10.0 Å². The summed E-state index contributed by atoms with van der Waals surface area (Å²) >= 11 is 13.8. The van der Waals surface area contributed by atoms with E-state index in [1.807, 2.05) is 38.2 Å². The average Bonchev–Trinajstić information content (AvgIpc) is 3.13. The van der Waals surface area contributed by atoms with E-state index >= 15 is 0 Å². The predicted molar refractivity (Wildman–Crippen MR) is 127 cm³/mol. The van der Waals surface area contributed by atoms with Crippen molar-refractivity contribution in [3.63, 3.8) is 0 Å². The van der Waals surface area contributed by atoms with Crippen molar-refractivity contribution in [1.29, 1.82) is 0 Å². The van der Waals surface area contributed by atoms with Crippen LogP contribution in [0.4, 0.5) is 0 Å². The number of rotatable bonds is 11. The zero-order valence-electron chi connectivity index (χ0n) is 17.2. The highest BCUT2D eigenvalue weighted by atomic mass is 35.5. The standard InChI is InChI=1S/C20H23Cl2N5O2S.ClH/c1-3-28-19-10-14(12-23-8-9-30-20-24-25-26-27(20)2)4-7-18(19)29-13-15-5-6-16(21)11-17(15)22;/h4-7,10-11,23H,3,8-9,12-13H2,1-2H3;1H. The average molecular weight is 505 g/mol. The van der Waals surface area contributed by atoms with Gasteiger partial charge in [-0.05, 0) is 47.2 Å². The second-order valence-electron chi connectivity index (χ2n) is 6.35. The van der Waals surface area contributed by atoms with Gasteiger partial charge in [-0.15, -0.1) is 17.5 Å². The van der Waals surface area contributed by atoms with E-state index in [1.54, 1.807) is 28.6 Å². The monoisotopic (exact) mass is 503 g/mol. The van der Waals surface area contributed by atoms with Gasteiger partial charge in [-0.25, -0.2) is 4.68 Å². The number of aryl methyl sites for hydroxylation is 1. The summed E-state index contributed by atoms with van der Waals surface area (Å²) in [5.74, 6) is 2.26. The van der Waals surface area contributed by atoms with Gasteiger partial charge in [0.15, 0.2) is 11.5 Å². The Kier molecular flexibility index (Phi) is 10.7. The molecule has 2 aromatic carbocycles. The molecule has 0 aliphatic heterocycles. The third-order valence-electron chi connectivity index (χ3n) is 4.13. The molecular formula is C20H24Cl3N5O2S. The zero-order valence-corrected chi connectivity index (χ0v) is 20.3. The van der Waals surface area contributed by atoms with Gasteiger partial charge < -0.3 is 14.8 Å². The summed E-state index contributed by atoms with van der Waals surface area (Å²) in [7, 11) is 1.83. The highest BCUT2D eigenvalue weighted by molar-refractivity contribution is 7.99. The normalized spacial score (nSPS) is 10.6. The third-order valence-corrected chi connectivity index (χ3v) is 5.73. The van der Waals surface area contributed by atoms with Crippen LogP contribution in [0.5, 0.6) is 11.5 Å². The van der Waals surface area contributed by atoms with E-state index in [-0.39, 0.29) is 12.4 Å². The topological polar surface area (TPSA) is 74.1 Å². The van der Waals surface area contributed by atoms with E-state index < -0.39 is 0 Å². The molecule has 0 radical (unpaired) electrons. The summed E-state index contributed by atoms with van der Waals surface area (Å²) < 4.78 is 13.4. The Bertz CT molecular complexity index is 974. The first-order valence-electron chi connectivity index (χ1n) is 9.45. The van der Waals surface area contributed by atoms with Crippen LogP contribution in [0.25, 0.3) is 0 Å². The molecule has 0 saturated carbocycles. The molecule has 11 heteroatoms. The number of hydrogen-bond donors (Lipinski definition) is 1. The van der Waals surface area contributed by atoms with Gasteiger partial charge in [-0.3, -0.25) is 0 Å². The van der Waals surface area contributed by atoms with Crippen LogP contribution in [-0.4, -0.2) is 39.1 Å². The Labute approximate surface area is 202 Å². The molecule has 0 atom stereocenters. The predicted octanol–water partition coefficient (Wildman–Crippen LogP) is 4.80. The molecule has 3 aromatic rings. The number of benzene rings is 2. The molecule has 168 valence electrons. The van der Waals surface area contributed by atoms with Crippen LogP contribution in [0, 0.1) is 0 Å². The fraction of sp³-hybridized carbons (Fsp3) is 0.350. The molecule has 0 aliphatic rings. The van der Waals surface area contributed by atoms with Crippen molar-refractivity contribution in [2.75, 3.05) is 18.9 Å². The van der Waals surface area contributed by atoms with Crippen molar-refractivity contribution in [2.45, 2.75) is 25.2 Å². The van der Waals surface area contributed by atoms with E-state index in [0.717, 1.165) is 35.1 Å². The second-order valence-corrected chi connectivity index (χ2v) is 8.25. The van der Waals surface area contributed by atoms with Crippen molar-refractivity contribution in [3.05, 3.63) is 57.6 Å². The van der Waals surface area contributed by atoms with E-state index in [9.17, 15) is 0 Å². The van der Waals surface area contributed by atoms with Crippen molar-refractivity contribution >= 4 is 47.4 Å². The van der Waals surface area contributed by atoms with Gasteiger partial charge in [0.2, 0.25) is 5.16 Å². The zero-order chi connectivity index (χ0) is 21.3. The summed E-state index contributed by atoms with van der Waals surface area (Å²) in [5.41, 5.74) is 1.98. The number of hydrogen-bond acceptors (Lipinski definition) is 7. The van der Waals surface area contributed by atoms with Gasteiger partial charge in [-0.1, -0.05) is 47.1 Å². The maximum atomic E-state index is 6.23. The molecule has 3 rings (SSSR count). The van der Waals surface area contributed by atoms with Crippen molar-refractivity contribution in [1.82, 2.24) is 25.5 Å². The van der Waals surface area contributed by atoms with Crippen LogP contribution >= 0.6 is 47.4 Å². The van der Waals surface area contributed by atoms with E-state index in [4.69, 9.17) is 32.7 Å². The largest absolute Gasteiger partial charge is 0.490 e. The SMILES string of the molecule is CCOc1cc(CNCCSc2nnnn2C)ccc1OCc1ccc(Cl)cc1Cl.Cl. The molecule has 1 aromatic heterocycles. The highest BCUT2D eigenvalue weighted by Crippen LogP contribution is 2.30. The molecule has 0 aliphatic carbocycles. The lowest BCUT2D eigenvalue weighted by Crippen LogP contribution is -2.17. The Morgan fingerprint density at radius 1 is 1.10 bits per heavy atom. The molecule has 0 saturated heterocycles. The molecule has 0 unspecified atom stereocenters. The molecule has 0 bridgehead atoms. The lowest BCUT2D eigenvalue weighted by molar-refractivity contribution is 0.269. The summed E-state index contributed by atoms with van der Waals surface area (Å²) in [6, 6.07) is 11.3. The van der Waals surface area contributed by atoms with Crippen LogP contribution < -0.4 is 14.8 Å². The smallest absolute Gasteiger partial charge is 0.209 e. The minimum atomic E-state index is 0. The van der Waals surface area contributed by atoms with Gasteiger partial charge in [0.1, 0.15) is 6.61 Å². The summed E-state index contributed by atoms with van der Waals surface area (Å²) in [5, 5.41) is 16.8. The molecule has 7 nitrogen and oxygen atoms in total. The number of tetrazole rings is 1. The van der Waals surface area contributed by atoms with Gasteiger partial charge in [-0.2, -0.15) is 0 Å². The lowest BCUT2D eigenvalue weighted by Gasteiger charge is -2.14. The molecule has 1 N–H and O–H groups in total. The number of ether oxygens (including phenoxy) is 2. The van der Waals surface area contributed by atoms with Gasteiger partial charge in [0, 0.05) is 41.5 Å². The first-order chi connectivity index (χ1) is 14.6. The van der Waals surface area contributed by atoms with Gasteiger partial charge in [0.25, 0.3) is 0 Å². The summed E-state index contributed by atoms with van der Waals surface area (Å²) in [6.45, 7) is 4.39. The number of thioether (sulfide) groups is 1. The van der Waals surface area contributed by atoms with E-state index in [1.165, 1.54) is 0 Å². The number of nitrogens with zero attached hydrogens (tertiary/aromatic N) is 4. The van der Waals surface area contributed by atoms with Crippen LogP contribution in [0.3, 0.4) is 0 Å². The molecule has 31 heavy (non-hydrogen) atoms. The molecule has 0 spiro atoms. The second kappa shape index (κ2) is 13.0. The number of nitrogens with one attached hydrogen (secondary N) is 1. The van der Waals surface area contributed by atoms with Crippen molar-refractivity contribution in [2.24, 2.45) is 7.05 Å². The first-order valence-corrected chi connectivity index (χ1v) is 11.2. The van der Waals surface area contributed by atoms with E-state index in [0.29, 0.717) is 34.8 Å². The Morgan fingerprint density at radius 2 is 1.94 bits per heavy atom. The minimum Gasteiger partial charge on any atom is -0.490 e. The summed E-state index contributed by atoms with van der Waals surface area (Å²) in [4.78, 5) is 0. The Morgan fingerprint density at radius 3 is 2.65 bits per heavy atom.